The first-order chi connectivity index (χ1) is 11.9. The Labute approximate surface area is 150 Å². The molecule has 0 unspecified atom stereocenters. The SMILES string of the molecule is CC(C)(C)c1ccc(C(=O)O[C@@H]2CNCC[C@H]2c2ccccc2)cc1. The molecule has 1 saturated heterocycles. The molecule has 0 aliphatic carbocycles. The van der Waals surface area contributed by atoms with Crippen molar-refractivity contribution in [2.24, 2.45) is 0 Å². The molecule has 3 rings (SSSR count). The number of carbonyl (C=O) groups is 1. The molecule has 2 atom stereocenters. The fourth-order valence-electron chi connectivity index (χ4n) is 3.35. The van der Waals surface area contributed by atoms with Crippen molar-refractivity contribution in [3.8, 4) is 0 Å². The average molecular weight is 337 g/mol. The highest BCUT2D eigenvalue weighted by atomic mass is 16.5. The Kier molecular flexibility index (Phi) is 5.24. The van der Waals surface area contributed by atoms with Crippen LogP contribution in [-0.2, 0) is 10.2 Å². The van der Waals surface area contributed by atoms with E-state index in [1.54, 1.807) is 0 Å². The summed E-state index contributed by atoms with van der Waals surface area (Å²) in [5, 5.41) is 3.34. The van der Waals surface area contributed by atoms with Crippen LogP contribution in [0.4, 0.5) is 0 Å². The third-order valence-corrected chi connectivity index (χ3v) is 4.90. The van der Waals surface area contributed by atoms with Crippen molar-refractivity contribution in [2.75, 3.05) is 13.1 Å². The molecule has 1 fully saturated rings. The quantitative estimate of drug-likeness (QED) is 0.849. The van der Waals surface area contributed by atoms with Gasteiger partial charge >= 0.3 is 5.97 Å². The summed E-state index contributed by atoms with van der Waals surface area (Å²) < 4.78 is 5.87. The highest BCUT2D eigenvalue weighted by Crippen LogP contribution is 2.28. The smallest absolute Gasteiger partial charge is 0.338 e. The van der Waals surface area contributed by atoms with Crippen LogP contribution < -0.4 is 5.32 Å². The lowest BCUT2D eigenvalue weighted by Gasteiger charge is -2.32. The lowest BCUT2D eigenvalue weighted by Crippen LogP contribution is -2.42. The van der Waals surface area contributed by atoms with E-state index in [9.17, 15) is 4.79 Å². The van der Waals surface area contributed by atoms with Gasteiger partial charge in [-0.3, -0.25) is 0 Å². The van der Waals surface area contributed by atoms with Gasteiger partial charge in [0.25, 0.3) is 0 Å². The van der Waals surface area contributed by atoms with Crippen molar-refractivity contribution in [3.05, 3.63) is 71.3 Å². The number of hydrogen-bond acceptors (Lipinski definition) is 3. The zero-order valence-corrected chi connectivity index (χ0v) is 15.3. The standard InChI is InChI=1S/C22H27NO2/c1-22(2,3)18-11-9-17(10-12-18)21(24)25-20-15-23-14-13-19(20)16-7-5-4-6-8-16/h4-12,19-20,23H,13-15H2,1-3H3/t19-,20+/m0/s1. The Morgan fingerprint density at radius 2 is 1.72 bits per heavy atom. The van der Waals surface area contributed by atoms with Crippen molar-refractivity contribution >= 4 is 5.97 Å². The van der Waals surface area contributed by atoms with Crippen LogP contribution in [0.5, 0.6) is 0 Å². The van der Waals surface area contributed by atoms with E-state index in [0.29, 0.717) is 12.1 Å². The summed E-state index contributed by atoms with van der Waals surface area (Å²) in [4.78, 5) is 12.6. The molecule has 3 nitrogen and oxygen atoms in total. The summed E-state index contributed by atoms with van der Waals surface area (Å²) in [5.41, 5.74) is 3.15. The van der Waals surface area contributed by atoms with Gasteiger partial charge in [0.1, 0.15) is 6.10 Å². The Balaban J connectivity index is 1.72. The summed E-state index contributed by atoms with van der Waals surface area (Å²) in [6, 6.07) is 18.1. The minimum Gasteiger partial charge on any atom is -0.457 e. The molecule has 0 aromatic heterocycles. The van der Waals surface area contributed by atoms with Gasteiger partial charge in [-0.2, -0.15) is 0 Å². The van der Waals surface area contributed by atoms with Gasteiger partial charge < -0.3 is 10.1 Å². The first kappa shape index (κ1) is 17.7. The topological polar surface area (TPSA) is 38.3 Å². The van der Waals surface area contributed by atoms with Gasteiger partial charge in [-0.1, -0.05) is 63.2 Å². The predicted molar refractivity (Wildman–Crippen MR) is 101 cm³/mol. The van der Waals surface area contributed by atoms with Crippen molar-refractivity contribution in [2.45, 2.75) is 44.6 Å². The molecule has 0 radical (unpaired) electrons. The average Bonchev–Trinajstić information content (AvgIpc) is 2.62. The fraction of sp³-hybridized carbons (Fsp3) is 0.409. The molecule has 0 bridgehead atoms. The van der Waals surface area contributed by atoms with E-state index in [4.69, 9.17) is 4.74 Å². The molecule has 1 aliphatic heterocycles. The van der Waals surface area contributed by atoms with Crippen LogP contribution in [0.2, 0.25) is 0 Å². The molecule has 3 heteroatoms. The Morgan fingerprint density at radius 1 is 1.04 bits per heavy atom. The van der Waals surface area contributed by atoms with Crippen LogP contribution in [-0.4, -0.2) is 25.2 Å². The lowest BCUT2D eigenvalue weighted by atomic mass is 9.86. The monoisotopic (exact) mass is 337 g/mol. The number of ether oxygens (including phenoxy) is 1. The van der Waals surface area contributed by atoms with Gasteiger partial charge in [0.2, 0.25) is 0 Å². The van der Waals surface area contributed by atoms with Crippen LogP contribution in [0.1, 0.15) is 54.6 Å². The van der Waals surface area contributed by atoms with E-state index >= 15 is 0 Å². The van der Waals surface area contributed by atoms with Gasteiger partial charge in [-0.15, -0.1) is 0 Å². The van der Waals surface area contributed by atoms with E-state index in [1.165, 1.54) is 11.1 Å². The molecule has 132 valence electrons. The molecule has 0 spiro atoms. The second-order valence-electron chi connectivity index (χ2n) is 7.78. The number of piperidine rings is 1. The van der Waals surface area contributed by atoms with E-state index < -0.39 is 0 Å². The molecule has 1 N–H and O–H groups in total. The first-order valence-electron chi connectivity index (χ1n) is 9.02. The van der Waals surface area contributed by atoms with Crippen LogP contribution in [0.15, 0.2) is 54.6 Å². The van der Waals surface area contributed by atoms with E-state index in [1.807, 2.05) is 42.5 Å². The fourth-order valence-corrected chi connectivity index (χ4v) is 3.35. The van der Waals surface area contributed by atoms with Crippen molar-refractivity contribution < 1.29 is 9.53 Å². The normalized spacial score (nSPS) is 20.9. The van der Waals surface area contributed by atoms with E-state index in [-0.39, 0.29) is 23.4 Å². The molecular formula is C22H27NO2. The van der Waals surface area contributed by atoms with E-state index in [0.717, 1.165) is 13.0 Å². The Hall–Kier alpha value is -2.13. The number of rotatable bonds is 3. The summed E-state index contributed by atoms with van der Waals surface area (Å²) in [6.45, 7) is 8.15. The number of benzene rings is 2. The predicted octanol–water partition coefficient (Wildman–Crippen LogP) is 4.29. The van der Waals surface area contributed by atoms with Gasteiger partial charge in [0, 0.05) is 12.5 Å². The molecular weight excluding hydrogens is 310 g/mol. The zero-order valence-electron chi connectivity index (χ0n) is 15.3. The summed E-state index contributed by atoms with van der Waals surface area (Å²) in [7, 11) is 0. The summed E-state index contributed by atoms with van der Waals surface area (Å²) in [5.74, 6) is 0.00957. The molecule has 2 aromatic carbocycles. The maximum Gasteiger partial charge on any atom is 0.338 e. The second-order valence-corrected chi connectivity index (χ2v) is 7.78. The maximum atomic E-state index is 12.6. The van der Waals surface area contributed by atoms with E-state index in [2.05, 4.69) is 38.2 Å². The van der Waals surface area contributed by atoms with Crippen LogP contribution in [0.3, 0.4) is 0 Å². The Morgan fingerprint density at radius 3 is 2.36 bits per heavy atom. The van der Waals surface area contributed by atoms with Gasteiger partial charge in [0.05, 0.1) is 5.56 Å². The molecule has 1 heterocycles. The molecule has 0 amide bonds. The first-order valence-corrected chi connectivity index (χ1v) is 9.02. The van der Waals surface area contributed by atoms with Crippen molar-refractivity contribution in [3.63, 3.8) is 0 Å². The number of nitrogens with one attached hydrogen (secondary N) is 1. The minimum atomic E-state index is -0.241. The highest BCUT2D eigenvalue weighted by molar-refractivity contribution is 5.89. The number of hydrogen-bond donors (Lipinski definition) is 1. The summed E-state index contributed by atoms with van der Waals surface area (Å²) in [6.07, 6.45) is 0.844. The van der Waals surface area contributed by atoms with Crippen molar-refractivity contribution in [1.29, 1.82) is 0 Å². The second kappa shape index (κ2) is 7.40. The van der Waals surface area contributed by atoms with Crippen LogP contribution in [0.25, 0.3) is 0 Å². The summed E-state index contributed by atoms with van der Waals surface area (Å²) >= 11 is 0. The highest BCUT2D eigenvalue weighted by Gasteiger charge is 2.29. The Bertz CT molecular complexity index is 701. The van der Waals surface area contributed by atoms with Gasteiger partial charge in [-0.25, -0.2) is 4.79 Å². The largest absolute Gasteiger partial charge is 0.457 e. The van der Waals surface area contributed by atoms with Crippen LogP contribution >= 0.6 is 0 Å². The molecule has 0 saturated carbocycles. The molecule has 2 aromatic rings. The third kappa shape index (κ3) is 4.29. The van der Waals surface area contributed by atoms with Crippen LogP contribution in [0, 0.1) is 0 Å². The lowest BCUT2D eigenvalue weighted by molar-refractivity contribution is 0.0182. The molecule has 25 heavy (non-hydrogen) atoms. The minimum absolute atomic E-state index is 0.0775. The maximum absolute atomic E-state index is 12.6. The zero-order chi connectivity index (χ0) is 17.9. The van der Waals surface area contributed by atoms with Gasteiger partial charge in [-0.05, 0) is 41.6 Å². The van der Waals surface area contributed by atoms with Crippen molar-refractivity contribution in [1.82, 2.24) is 5.32 Å². The molecule has 1 aliphatic rings. The van der Waals surface area contributed by atoms with Gasteiger partial charge in [0.15, 0.2) is 0 Å². The number of esters is 1. The number of carbonyl (C=O) groups excluding carboxylic acids is 1. The third-order valence-electron chi connectivity index (χ3n) is 4.90.